The van der Waals surface area contributed by atoms with E-state index in [1.165, 1.54) is 11.6 Å². The number of rotatable bonds is 5. The first-order valence-electron chi connectivity index (χ1n) is 6.20. The molecule has 0 aromatic heterocycles. The van der Waals surface area contributed by atoms with Crippen molar-refractivity contribution >= 4 is 24.8 Å². The van der Waals surface area contributed by atoms with Crippen LogP contribution in [-0.2, 0) is 23.0 Å². The Kier molecular flexibility index (Phi) is 5.13. The molecule has 0 spiro atoms. The van der Waals surface area contributed by atoms with E-state index in [0.717, 1.165) is 23.6 Å². The zero-order chi connectivity index (χ0) is 13.9. The zero-order valence-electron chi connectivity index (χ0n) is 11.3. The lowest BCUT2D eigenvalue weighted by atomic mass is 10.0. The smallest absolute Gasteiger partial charge is 0.282 e. The van der Waals surface area contributed by atoms with E-state index in [9.17, 15) is 13.0 Å². The molecular weight excluding hydrogens is 264 g/mol. The first-order chi connectivity index (χ1) is 8.31. The summed E-state index contributed by atoms with van der Waals surface area (Å²) >= 11 is 0. The molecule has 1 aromatic rings. The van der Waals surface area contributed by atoms with Gasteiger partial charge in [0.25, 0.3) is 10.1 Å². The second kappa shape index (κ2) is 5.99. The van der Waals surface area contributed by atoms with E-state index >= 15 is 0 Å². The fourth-order valence-electron chi connectivity index (χ4n) is 2.07. The molecule has 1 aromatic carbocycles. The second-order valence-electron chi connectivity index (χ2n) is 4.56. The van der Waals surface area contributed by atoms with Crippen molar-refractivity contribution < 1.29 is 13.0 Å². The molecule has 3 nitrogen and oxygen atoms in total. The number of aryl methyl sites for hydroxylation is 1. The van der Waals surface area contributed by atoms with Gasteiger partial charge in [-0.25, -0.2) is 0 Å². The van der Waals surface area contributed by atoms with Crippen LogP contribution in [0, 0.1) is 0 Å². The van der Waals surface area contributed by atoms with Crippen LogP contribution in [0.25, 0.3) is 0 Å². The summed E-state index contributed by atoms with van der Waals surface area (Å²) in [6, 6.07) is 3.36. The van der Waals surface area contributed by atoms with Crippen molar-refractivity contribution in [2.45, 2.75) is 51.0 Å². The molecule has 2 radical (unpaired) electrons. The Labute approximate surface area is 112 Å². The standard InChI is InChI=1S/C13H20O3SSi/c1-5-10-7-8-12(17(14,15)16)13(11(10)6-2)18-9(3)4/h7-9H,5-6H2,1-4H3,(H,14,15,16). The van der Waals surface area contributed by atoms with Gasteiger partial charge < -0.3 is 0 Å². The number of hydrogen-bond donors (Lipinski definition) is 1. The summed E-state index contributed by atoms with van der Waals surface area (Å²) in [5, 5.41) is 0.814. The van der Waals surface area contributed by atoms with Crippen LogP contribution in [0.15, 0.2) is 17.0 Å². The second-order valence-corrected chi connectivity index (χ2v) is 7.89. The SMILES string of the molecule is CCc1ccc(S(=O)(=O)O)c([Si]C(C)C)c1CC. The predicted octanol–water partition coefficient (Wildman–Crippen LogP) is 2.22. The van der Waals surface area contributed by atoms with Gasteiger partial charge in [0, 0.05) is 0 Å². The van der Waals surface area contributed by atoms with Crippen molar-refractivity contribution in [1.82, 2.24) is 0 Å². The first-order valence-corrected chi connectivity index (χ1v) is 8.71. The van der Waals surface area contributed by atoms with Crippen molar-refractivity contribution in [1.29, 1.82) is 0 Å². The van der Waals surface area contributed by atoms with E-state index in [1.807, 2.05) is 13.0 Å². The summed E-state index contributed by atoms with van der Waals surface area (Å²) in [6.07, 6.45) is 1.67. The Hall–Kier alpha value is -0.653. The molecule has 100 valence electrons. The normalized spacial score (nSPS) is 12.1. The average Bonchev–Trinajstić information content (AvgIpc) is 2.25. The molecule has 0 heterocycles. The molecule has 0 aliphatic carbocycles. The third-order valence-corrected chi connectivity index (χ3v) is 5.33. The van der Waals surface area contributed by atoms with Gasteiger partial charge in [-0.1, -0.05) is 39.3 Å². The summed E-state index contributed by atoms with van der Waals surface area (Å²) < 4.78 is 32.3. The van der Waals surface area contributed by atoms with Gasteiger partial charge in [-0.15, -0.1) is 0 Å². The molecule has 0 fully saturated rings. The van der Waals surface area contributed by atoms with Gasteiger partial charge in [0.1, 0.15) is 0 Å². The maximum absolute atomic E-state index is 11.5. The van der Waals surface area contributed by atoms with Gasteiger partial charge >= 0.3 is 0 Å². The lowest BCUT2D eigenvalue weighted by Crippen LogP contribution is -2.29. The summed E-state index contributed by atoms with van der Waals surface area (Å²) in [6.45, 7) is 8.20. The molecule has 0 unspecified atom stereocenters. The van der Waals surface area contributed by atoms with Crippen LogP contribution in [-0.4, -0.2) is 22.5 Å². The van der Waals surface area contributed by atoms with Gasteiger partial charge in [-0.3, -0.25) is 4.55 Å². The summed E-state index contributed by atoms with van der Waals surface area (Å²) in [5.74, 6) is 0. The zero-order valence-corrected chi connectivity index (χ0v) is 13.1. The minimum atomic E-state index is -4.13. The Morgan fingerprint density at radius 3 is 2.22 bits per heavy atom. The monoisotopic (exact) mass is 284 g/mol. The van der Waals surface area contributed by atoms with Crippen molar-refractivity contribution in [3.05, 3.63) is 23.3 Å². The highest BCUT2D eigenvalue weighted by atomic mass is 32.2. The summed E-state index contributed by atoms with van der Waals surface area (Å²) in [5.41, 5.74) is 2.63. The van der Waals surface area contributed by atoms with E-state index in [-0.39, 0.29) is 4.90 Å². The Morgan fingerprint density at radius 1 is 1.22 bits per heavy atom. The maximum Gasteiger partial charge on any atom is 0.294 e. The van der Waals surface area contributed by atoms with Crippen LogP contribution in [0.1, 0.15) is 38.8 Å². The topological polar surface area (TPSA) is 54.4 Å². The molecule has 0 aliphatic heterocycles. The Balaban J connectivity index is 3.54. The highest BCUT2D eigenvalue weighted by molar-refractivity contribution is 7.86. The number of benzene rings is 1. The van der Waals surface area contributed by atoms with Crippen molar-refractivity contribution in [3.63, 3.8) is 0 Å². The minimum absolute atomic E-state index is 0.0867. The quantitative estimate of drug-likeness (QED) is 0.666. The minimum Gasteiger partial charge on any atom is -0.282 e. The fraction of sp³-hybridized carbons (Fsp3) is 0.538. The van der Waals surface area contributed by atoms with E-state index in [2.05, 4.69) is 20.8 Å². The van der Waals surface area contributed by atoms with E-state index < -0.39 is 10.1 Å². The van der Waals surface area contributed by atoms with Gasteiger partial charge in [0.05, 0.1) is 14.4 Å². The molecule has 0 aliphatic rings. The van der Waals surface area contributed by atoms with Gasteiger partial charge in [-0.2, -0.15) is 8.42 Å². The Morgan fingerprint density at radius 2 is 1.83 bits per heavy atom. The van der Waals surface area contributed by atoms with Crippen LogP contribution in [0.4, 0.5) is 0 Å². The highest BCUT2D eigenvalue weighted by Gasteiger charge is 2.20. The molecule has 0 saturated carbocycles. The fourth-order valence-corrected chi connectivity index (χ4v) is 4.57. The molecule has 0 saturated heterocycles. The van der Waals surface area contributed by atoms with Crippen molar-refractivity contribution in [2.75, 3.05) is 0 Å². The van der Waals surface area contributed by atoms with E-state index in [0.29, 0.717) is 15.1 Å². The van der Waals surface area contributed by atoms with E-state index in [1.54, 1.807) is 0 Å². The molecule has 0 bridgehead atoms. The molecule has 18 heavy (non-hydrogen) atoms. The summed E-state index contributed by atoms with van der Waals surface area (Å²) in [4.78, 5) is 0.0867. The lowest BCUT2D eigenvalue weighted by molar-refractivity contribution is 0.483. The van der Waals surface area contributed by atoms with Crippen molar-refractivity contribution in [2.24, 2.45) is 0 Å². The van der Waals surface area contributed by atoms with Crippen LogP contribution in [0.3, 0.4) is 0 Å². The number of hydrogen-bond acceptors (Lipinski definition) is 2. The van der Waals surface area contributed by atoms with Gasteiger partial charge in [0.15, 0.2) is 0 Å². The third kappa shape index (κ3) is 3.43. The van der Waals surface area contributed by atoms with Gasteiger partial charge in [-0.05, 0) is 35.2 Å². The molecule has 1 N–H and O–H groups in total. The first kappa shape index (κ1) is 15.4. The average molecular weight is 284 g/mol. The molecule has 1 rings (SSSR count). The lowest BCUT2D eigenvalue weighted by Gasteiger charge is -2.17. The molecular formula is C13H20O3SSi. The highest BCUT2D eigenvalue weighted by Crippen LogP contribution is 2.17. The van der Waals surface area contributed by atoms with Crippen LogP contribution in [0.2, 0.25) is 5.54 Å². The van der Waals surface area contributed by atoms with Crippen LogP contribution in [0.5, 0.6) is 0 Å². The third-order valence-electron chi connectivity index (χ3n) is 2.82. The maximum atomic E-state index is 11.5. The van der Waals surface area contributed by atoms with Gasteiger partial charge in [0.2, 0.25) is 0 Å². The van der Waals surface area contributed by atoms with Crippen molar-refractivity contribution in [3.8, 4) is 0 Å². The molecule has 0 amide bonds. The molecule has 0 atom stereocenters. The van der Waals surface area contributed by atoms with E-state index in [4.69, 9.17) is 0 Å². The van der Waals surface area contributed by atoms with Crippen LogP contribution >= 0.6 is 0 Å². The van der Waals surface area contributed by atoms with Crippen LogP contribution < -0.4 is 5.19 Å². The summed E-state index contributed by atoms with van der Waals surface area (Å²) in [7, 11) is -3.73. The predicted molar refractivity (Wildman–Crippen MR) is 75.5 cm³/mol. The Bertz CT molecular complexity index is 521. The molecule has 5 heteroatoms. The largest absolute Gasteiger partial charge is 0.294 e.